The SMILES string of the molecule is O=C(Nc1ccc(Cl)cc1)c1nn2cnnc2s1. The lowest BCUT2D eigenvalue weighted by Crippen LogP contribution is -2.11. The monoisotopic (exact) mass is 279 g/mol. The normalized spacial score (nSPS) is 10.7. The Kier molecular flexibility index (Phi) is 2.69. The van der Waals surface area contributed by atoms with E-state index in [2.05, 4.69) is 20.6 Å². The second-order valence-electron chi connectivity index (χ2n) is 3.43. The first-order chi connectivity index (χ1) is 8.72. The Balaban J connectivity index is 1.82. The van der Waals surface area contributed by atoms with Gasteiger partial charge in [-0.3, -0.25) is 4.79 Å². The first-order valence-corrected chi connectivity index (χ1v) is 6.15. The van der Waals surface area contributed by atoms with Crippen LogP contribution >= 0.6 is 22.9 Å². The van der Waals surface area contributed by atoms with Crippen LogP contribution in [0.3, 0.4) is 0 Å². The number of hydrogen-bond donors (Lipinski definition) is 1. The highest BCUT2D eigenvalue weighted by Gasteiger charge is 2.13. The molecule has 0 spiro atoms. The predicted octanol–water partition coefficient (Wildman–Crippen LogP) is 2.09. The van der Waals surface area contributed by atoms with Crippen LogP contribution in [0.2, 0.25) is 5.02 Å². The molecule has 0 bridgehead atoms. The van der Waals surface area contributed by atoms with Gasteiger partial charge < -0.3 is 5.32 Å². The van der Waals surface area contributed by atoms with E-state index in [1.54, 1.807) is 24.3 Å². The molecule has 0 aliphatic rings. The Morgan fingerprint density at radius 1 is 1.33 bits per heavy atom. The average molecular weight is 280 g/mol. The van der Waals surface area contributed by atoms with Gasteiger partial charge in [-0.1, -0.05) is 22.9 Å². The van der Waals surface area contributed by atoms with E-state index in [9.17, 15) is 4.79 Å². The number of nitrogens with one attached hydrogen (secondary N) is 1. The molecular formula is C10H6ClN5OS. The zero-order valence-corrected chi connectivity index (χ0v) is 10.4. The molecule has 0 aliphatic heterocycles. The second-order valence-corrected chi connectivity index (χ2v) is 4.82. The van der Waals surface area contributed by atoms with Crippen molar-refractivity contribution in [2.75, 3.05) is 5.32 Å². The van der Waals surface area contributed by atoms with Gasteiger partial charge in [0.1, 0.15) is 6.33 Å². The van der Waals surface area contributed by atoms with Crippen LogP contribution in [0.25, 0.3) is 4.96 Å². The number of fused-ring (bicyclic) bond motifs is 1. The number of benzene rings is 1. The number of amides is 1. The van der Waals surface area contributed by atoms with E-state index in [1.807, 2.05) is 0 Å². The molecule has 8 heteroatoms. The standard InChI is InChI=1S/C10H6ClN5OS/c11-6-1-3-7(4-2-6)13-8(17)9-15-16-5-12-14-10(16)18-9/h1-5H,(H,13,17). The summed E-state index contributed by atoms with van der Waals surface area (Å²) in [6.45, 7) is 0. The molecule has 1 N–H and O–H groups in total. The fourth-order valence-corrected chi connectivity index (χ4v) is 2.21. The Morgan fingerprint density at radius 2 is 2.11 bits per heavy atom. The quantitative estimate of drug-likeness (QED) is 0.780. The van der Waals surface area contributed by atoms with Crippen molar-refractivity contribution in [3.05, 3.63) is 40.6 Å². The van der Waals surface area contributed by atoms with E-state index in [1.165, 1.54) is 22.2 Å². The van der Waals surface area contributed by atoms with Gasteiger partial charge in [0, 0.05) is 10.7 Å². The first-order valence-electron chi connectivity index (χ1n) is 4.96. The first kappa shape index (κ1) is 11.1. The van der Waals surface area contributed by atoms with E-state index in [0.717, 1.165) is 0 Å². The fraction of sp³-hybridized carbons (Fsp3) is 0. The maximum atomic E-state index is 11.9. The van der Waals surface area contributed by atoms with E-state index in [-0.39, 0.29) is 5.91 Å². The summed E-state index contributed by atoms with van der Waals surface area (Å²) in [6, 6.07) is 6.85. The van der Waals surface area contributed by atoms with E-state index in [4.69, 9.17) is 11.6 Å². The molecule has 2 aromatic heterocycles. The second kappa shape index (κ2) is 4.35. The zero-order valence-electron chi connectivity index (χ0n) is 8.87. The van der Waals surface area contributed by atoms with Gasteiger partial charge in [0.15, 0.2) is 0 Å². The third-order valence-electron chi connectivity index (χ3n) is 2.18. The number of halogens is 1. The lowest BCUT2D eigenvalue weighted by Gasteiger charge is -2.01. The number of hydrogen-bond acceptors (Lipinski definition) is 5. The summed E-state index contributed by atoms with van der Waals surface area (Å²) in [7, 11) is 0. The number of nitrogens with zero attached hydrogens (tertiary/aromatic N) is 4. The summed E-state index contributed by atoms with van der Waals surface area (Å²) in [4.78, 5) is 12.5. The van der Waals surface area contributed by atoms with Crippen molar-refractivity contribution >= 4 is 39.5 Å². The molecule has 0 atom stereocenters. The molecule has 3 aromatic rings. The van der Waals surface area contributed by atoms with Crippen LogP contribution in [0, 0.1) is 0 Å². The molecule has 0 saturated carbocycles. The maximum absolute atomic E-state index is 11.9. The van der Waals surface area contributed by atoms with Crippen molar-refractivity contribution in [3.63, 3.8) is 0 Å². The van der Waals surface area contributed by atoms with Crippen LogP contribution in [-0.4, -0.2) is 25.7 Å². The number of aromatic nitrogens is 4. The van der Waals surface area contributed by atoms with Crippen molar-refractivity contribution < 1.29 is 4.79 Å². The fourth-order valence-electron chi connectivity index (χ4n) is 1.37. The van der Waals surface area contributed by atoms with Gasteiger partial charge >= 0.3 is 0 Å². The van der Waals surface area contributed by atoms with Crippen LogP contribution in [0.1, 0.15) is 9.80 Å². The molecule has 90 valence electrons. The minimum absolute atomic E-state index is 0.284. The van der Waals surface area contributed by atoms with Gasteiger partial charge in [0.05, 0.1) is 0 Å². The van der Waals surface area contributed by atoms with Gasteiger partial charge in [0.25, 0.3) is 5.91 Å². The van der Waals surface area contributed by atoms with Gasteiger partial charge in [-0.15, -0.1) is 15.3 Å². The molecule has 0 aliphatic carbocycles. The smallest absolute Gasteiger partial charge is 0.286 e. The summed E-state index contributed by atoms with van der Waals surface area (Å²) in [5, 5.41) is 15.2. The number of carbonyl (C=O) groups excluding carboxylic acids is 1. The number of rotatable bonds is 2. The van der Waals surface area contributed by atoms with Crippen LogP contribution < -0.4 is 5.32 Å². The zero-order chi connectivity index (χ0) is 12.5. The lowest BCUT2D eigenvalue weighted by molar-refractivity contribution is 0.102. The van der Waals surface area contributed by atoms with Gasteiger partial charge in [-0.05, 0) is 24.3 Å². The van der Waals surface area contributed by atoms with Crippen molar-refractivity contribution in [2.24, 2.45) is 0 Å². The topological polar surface area (TPSA) is 72.2 Å². The minimum atomic E-state index is -0.284. The maximum Gasteiger partial charge on any atom is 0.286 e. The van der Waals surface area contributed by atoms with E-state index < -0.39 is 0 Å². The average Bonchev–Trinajstić information content (AvgIpc) is 2.92. The highest BCUT2D eigenvalue weighted by Crippen LogP contribution is 2.16. The van der Waals surface area contributed by atoms with Crippen molar-refractivity contribution in [1.29, 1.82) is 0 Å². The molecule has 0 fully saturated rings. The summed E-state index contributed by atoms with van der Waals surface area (Å²) in [5.41, 5.74) is 0.662. The summed E-state index contributed by atoms with van der Waals surface area (Å²) < 4.78 is 1.46. The number of anilines is 1. The van der Waals surface area contributed by atoms with Gasteiger partial charge in [0.2, 0.25) is 9.97 Å². The highest BCUT2D eigenvalue weighted by molar-refractivity contribution is 7.18. The van der Waals surface area contributed by atoms with Crippen LogP contribution in [0.15, 0.2) is 30.6 Å². The predicted molar refractivity (Wildman–Crippen MR) is 68.1 cm³/mol. The highest BCUT2D eigenvalue weighted by atomic mass is 35.5. The van der Waals surface area contributed by atoms with Gasteiger partial charge in [-0.25, -0.2) is 0 Å². The summed E-state index contributed by atoms with van der Waals surface area (Å²) >= 11 is 6.94. The molecule has 0 radical (unpaired) electrons. The van der Waals surface area contributed by atoms with E-state index in [0.29, 0.717) is 20.7 Å². The Morgan fingerprint density at radius 3 is 2.83 bits per heavy atom. The Bertz CT molecular complexity index is 676. The Labute approximate surface area is 110 Å². The molecule has 18 heavy (non-hydrogen) atoms. The van der Waals surface area contributed by atoms with Crippen molar-refractivity contribution in [2.45, 2.75) is 0 Å². The molecular weight excluding hydrogens is 274 g/mol. The Hall–Kier alpha value is -1.99. The van der Waals surface area contributed by atoms with Gasteiger partial charge in [-0.2, -0.15) is 4.52 Å². The van der Waals surface area contributed by atoms with Crippen molar-refractivity contribution in [1.82, 2.24) is 19.8 Å². The lowest BCUT2D eigenvalue weighted by atomic mass is 10.3. The third kappa shape index (κ3) is 2.05. The molecule has 6 nitrogen and oxygen atoms in total. The van der Waals surface area contributed by atoms with Crippen LogP contribution in [0.5, 0.6) is 0 Å². The molecule has 3 rings (SSSR count). The van der Waals surface area contributed by atoms with Crippen molar-refractivity contribution in [3.8, 4) is 0 Å². The van der Waals surface area contributed by atoms with Crippen LogP contribution in [-0.2, 0) is 0 Å². The molecule has 1 amide bonds. The minimum Gasteiger partial charge on any atom is -0.320 e. The number of carbonyl (C=O) groups is 1. The summed E-state index contributed by atoms with van der Waals surface area (Å²) in [6.07, 6.45) is 1.45. The molecule has 0 saturated heterocycles. The summed E-state index contributed by atoms with van der Waals surface area (Å²) in [5.74, 6) is -0.284. The van der Waals surface area contributed by atoms with E-state index >= 15 is 0 Å². The molecule has 1 aromatic carbocycles. The third-order valence-corrected chi connectivity index (χ3v) is 3.35. The molecule has 0 unspecified atom stereocenters. The largest absolute Gasteiger partial charge is 0.320 e. The molecule has 2 heterocycles. The van der Waals surface area contributed by atoms with Crippen LogP contribution in [0.4, 0.5) is 5.69 Å².